The van der Waals surface area contributed by atoms with Crippen molar-refractivity contribution >= 4 is 49.7 Å². The third kappa shape index (κ3) is 4.18. The number of benzene rings is 2. The molecule has 0 unspecified atom stereocenters. The summed E-state index contributed by atoms with van der Waals surface area (Å²) in [6.45, 7) is 2.11. The number of hydrogen-bond donors (Lipinski definition) is 1. The van der Waals surface area contributed by atoms with Gasteiger partial charge in [-0.3, -0.25) is 4.99 Å². The standard InChI is InChI=1S/C16H13Br2NO3/c1-2-22-16(21)10-3-5-13(6-4-10)19-9-11-7-12(17)8-14(18)15(11)20/h3-9,20H,2H2,1H3. The van der Waals surface area contributed by atoms with E-state index in [1.54, 1.807) is 49.5 Å². The minimum absolute atomic E-state index is 0.120. The minimum atomic E-state index is -0.355. The highest BCUT2D eigenvalue weighted by Crippen LogP contribution is 2.31. The van der Waals surface area contributed by atoms with Crippen molar-refractivity contribution in [2.45, 2.75) is 6.92 Å². The molecule has 0 heterocycles. The monoisotopic (exact) mass is 425 g/mol. The Bertz CT molecular complexity index is 712. The molecule has 0 aliphatic rings. The summed E-state index contributed by atoms with van der Waals surface area (Å²) in [5.74, 6) is -0.235. The van der Waals surface area contributed by atoms with Crippen LogP contribution in [-0.4, -0.2) is 23.9 Å². The second kappa shape index (κ2) is 7.56. The van der Waals surface area contributed by atoms with Crippen LogP contribution < -0.4 is 0 Å². The molecule has 4 nitrogen and oxygen atoms in total. The highest BCUT2D eigenvalue weighted by molar-refractivity contribution is 9.11. The van der Waals surface area contributed by atoms with Gasteiger partial charge in [0.1, 0.15) is 5.75 Å². The van der Waals surface area contributed by atoms with Gasteiger partial charge in [0.05, 0.1) is 22.3 Å². The molecule has 0 aromatic heterocycles. The van der Waals surface area contributed by atoms with Crippen LogP contribution in [0.2, 0.25) is 0 Å². The molecule has 22 heavy (non-hydrogen) atoms. The Morgan fingerprint density at radius 3 is 2.59 bits per heavy atom. The van der Waals surface area contributed by atoms with E-state index in [9.17, 15) is 9.90 Å². The smallest absolute Gasteiger partial charge is 0.338 e. The van der Waals surface area contributed by atoms with Crippen LogP contribution in [0, 0.1) is 0 Å². The van der Waals surface area contributed by atoms with Crippen molar-refractivity contribution in [3.05, 3.63) is 56.5 Å². The average Bonchev–Trinajstić information content (AvgIpc) is 2.50. The second-order valence-electron chi connectivity index (χ2n) is 4.35. The van der Waals surface area contributed by atoms with Gasteiger partial charge in [0.25, 0.3) is 0 Å². The molecule has 2 aromatic carbocycles. The Balaban J connectivity index is 2.19. The Morgan fingerprint density at radius 1 is 1.27 bits per heavy atom. The van der Waals surface area contributed by atoms with Crippen LogP contribution in [0.1, 0.15) is 22.8 Å². The van der Waals surface area contributed by atoms with E-state index >= 15 is 0 Å². The number of aliphatic imine (C=N–C) groups is 1. The van der Waals surface area contributed by atoms with Crippen LogP contribution in [0.25, 0.3) is 0 Å². The first-order valence-electron chi connectivity index (χ1n) is 6.50. The van der Waals surface area contributed by atoms with Crippen molar-refractivity contribution in [3.8, 4) is 5.75 Å². The maximum atomic E-state index is 11.6. The Labute approximate surface area is 145 Å². The Morgan fingerprint density at radius 2 is 1.95 bits per heavy atom. The number of hydrogen-bond acceptors (Lipinski definition) is 4. The first kappa shape index (κ1) is 16.7. The van der Waals surface area contributed by atoms with Gasteiger partial charge in [0.15, 0.2) is 0 Å². The summed E-state index contributed by atoms with van der Waals surface area (Å²) >= 11 is 6.63. The molecule has 1 N–H and O–H groups in total. The largest absolute Gasteiger partial charge is 0.506 e. The van der Waals surface area contributed by atoms with Gasteiger partial charge in [-0.1, -0.05) is 15.9 Å². The van der Waals surface area contributed by atoms with Crippen molar-refractivity contribution < 1.29 is 14.6 Å². The van der Waals surface area contributed by atoms with Gasteiger partial charge in [-0.05, 0) is 59.3 Å². The molecule has 2 aromatic rings. The number of phenolic OH excluding ortho intramolecular Hbond substituents is 1. The molecule has 0 aliphatic carbocycles. The number of phenols is 1. The topological polar surface area (TPSA) is 58.9 Å². The maximum Gasteiger partial charge on any atom is 0.338 e. The fourth-order valence-electron chi connectivity index (χ4n) is 1.73. The van der Waals surface area contributed by atoms with E-state index in [4.69, 9.17) is 4.74 Å². The van der Waals surface area contributed by atoms with E-state index in [1.807, 2.05) is 0 Å². The van der Waals surface area contributed by atoms with Gasteiger partial charge in [0, 0.05) is 16.3 Å². The molecular weight excluding hydrogens is 414 g/mol. The normalized spacial score (nSPS) is 10.9. The first-order valence-corrected chi connectivity index (χ1v) is 8.09. The zero-order valence-corrected chi connectivity index (χ0v) is 14.9. The van der Waals surface area contributed by atoms with Gasteiger partial charge in [-0.25, -0.2) is 4.79 Å². The van der Waals surface area contributed by atoms with Crippen LogP contribution in [0.4, 0.5) is 5.69 Å². The first-order chi connectivity index (χ1) is 10.5. The zero-order chi connectivity index (χ0) is 16.1. The Kier molecular flexibility index (Phi) is 5.74. The third-order valence-corrected chi connectivity index (χ3v) is 3.85. The van der Waals surface area contributed by atoms with E-state index in [2.05, 4.69) is 36.9 Å². The molecule has 0 saturated heterocycles. The van der Waals surface area contributed by atoms with E-state index < -0.39 is 0 Å². The molecule has 2 rings (SSSR count). The predicted molar refractivity (Wildman–Crippen MR) is 93.2 cm³/mol. The van der Waals surface area contributed by atoms with Crippen molar-refractivity contribution in [1.82, 2.24) is 0 Å². The van der Waals surface area contributed by atoms with Gasteiger partial charge >= 0.3 is 5.97 Å². The second-order valence-corrected chi connectivity index (χ2v) is 6.12. The highest BCUT2D eigenvalue weighted by Gasteiger charge is 2.06. The van der Waals surface area contributed by atoms with Crippen molar-refractivity contribution in [3.63, 3.8) is 0 Å². The van der Waals surface area contributed by atoms with Crippen LogP contribution in [0.5, 0.6) is 5.75 Å². The molecular formula is C16H13Br2NO3. The van der Waals surface area contributed by atoms with E-state index in [0.717, 1.165) is 4.47 Å². The van der Waals surface area contributed by atoms with E-state index in [-0.39, 0.29) is 11.7 Å². The SMILES string of the molecule is CCOC(=O)c1ccc(N=Cc2cc(Br)cc(Br)c2O)cc1. The van der Waals surface area contributed by atoms with Crippen molar-refractivity contribution in [2.24, 2.45) is 4.99 Å². The Hall–Kier alpha value is -1.66. The van der Waals surface area contributed by atoms with Gasteiger partial charge in [-0.15, -0.1) is 0 Å². The number of nitrogens with zero attached hydrogens (tertiary/aromatic N) is 1. The highest BCUT2D eigenvalue weighted by atomic mass is 79.9. The van der Waals surface area contributed by atoms with Gasteiger partial charge < -0.3 is 9.84 Å². The number of esters is 1. The molecule has 0 aliphatic heterocycles. The molecule has 0 fully saturated rings. The summed E-state index contributed by atoms with van der Waals surface area (Å²) in [6.07, 6.45) is 1.56. The summed E-state index contributed by atoms with van der Waals surface area (Å²) in [5, 5.41) is 9.96. The number of aromatic hydroxyl groups is 1. The number of halogens is 2. The van der Waals surface area contributed by atoms with Crippen LogP contribution >= 0.6 is 31.9 Å². The number of ether oxygens (including phenoxy) is 1. The summed E-state index contributed by atoms with van der Waals surface area (Å²) in [4.78, 5) is 15.8. The number of carbonyl (C=O) groups is 1. The molecule has 0 atom stereocenters. The van der Waals surface area contributed by atoms with Crippen molar-refractivity contribution in [1.29, 1.82) is 0 Å². The fraction of sp³-hybridized carbons (Fsp3) is 0.125. The molecule has 0 saturated carbocycles. The van der Waals surface area contributed by atoms with Gasteiger partial charge in [-0.2, -0.15) is 0 Å². The number of carbonyl (C=O) groups excluding carboxylic acids is 1. The van der Waals surface area contributed by atoms with Crippen LogP contribution in [-0.2, 0) is 4.74 Å². The average molecular weight is 427 g/mol. The molecule has 0 amide bonds. The third-order valence-electron chi connectivity index (χ3n) is 2.79. The lowest BCUT2D eigenvalue weighted by molar-refractivity contribution is 0.0526. The van der Waals surface area contributed by atoms with Crippen molar-refractivity contribution in [2.75, 3.05) is 6.61 Å². The molecule has 114 valence electrons. The molecule has 0 radical (unpaired) electrons. The molecule has 6 heteroatoms. The lowest BCUT2D eigenvalue weighted by Crippen LogP contribution is -2.03. The summed E-state index contributed by atoms with van der Waals surface area (Å²) < 4.78 is 6.33. The van der Waals surface area contributed by atoms with E-state index in [1.165, 1.54) is 0 Å². The van der Waals surface area contributed by atoms with Crippen LogP contribution in [0.3, 0.4) is 0 Å². The minimum Gasteiger partial charge on any atom is -0.506 e. The summed E-state index contributed by atoms with van der Waals surface area (Å²) in [6, 6.07) is 10.2. The lowest BCUT2D eigenvalue weighted by atomic mass is 10.2. The maximum absolute atomic E-state index is 11.6. The lowest BCUT2D eigenvalue weighted by Gasteiger charge is -2.03. The van der Waals surface area contributed by atoms with E-state index in [0.29, 0.717) is 27.9 Å². The quantitative estimate of drug-likeness (QED) is 0.561. The number of rotatable bonds is 4. The predicted octanol–water partition coefficient (Wildman–Crippen LogP) is 4.84. The van der Waals surface area contributed by atoms with Crippen LogP contribution in [0.15, 0.2) is 50.3 Å². The fourth-order valence-corrected chi connectivity index (χ4v) is 2.98. The summed E-state index contributed by atoms with van der Waals surface area (Å²) in [5.41, 5.74) is 1.73. The molecule has 0 spiro atoms. The van der Waals surface area contributed by atoms with Gasteiger partial charge in [0.2, 0.25) is 0 Å². The zero-order valence-electron chi connectivity index (χ0n) is 11.7. The molecule has 0 bridgehead atoms. The summed E-state index contributed by atoms with van der Waals surface area (Å²) in [7, 11) is 0.